The van der Waals surface area contributed by atoms with E-state index in [2.05, 4.69) is 100 Å². The first kappa shape index (κ1) is 34.6. The molecule has 5 aromatic heterocycles. The van der Waals surface area contributed by atoms with Crippen molar-refractivity contribution in [3.63, 3.8) is 0 Å². The number of thiophene rings is 1. The van der Waals surface area contributed by atoms with Crippen molar-refractivity contribution in [3.05, 3.63) is 150 Å². The van der Waals surface area contributed by atoms with Crippen LogP contribution in [0, 0.1) is 31.3 Å². The number of aromatic nitrogens is 4. The molecule has 10 aromatic rings. The van der Waals surface area contributed by atoms with E-state index in [4.69, 9.17) is 20.4 Å². The number of imidazole rings is 1. The van der Waals surface area contributed by atoms with Gasteiger partial charge in [0.2, 0.25) is 5.71 Å². The summed E-state index contributed by atoms with van der Waals surface area (Å²) in [5.74, 6) is 7.77. The summed E-state index contributed by atoms with van der Waals surface area (Å²) >= 11 is -0.526. The summed E-state index contributed by atoms with van der Waals surface area (Å²) in [5, 5.41) is 4.00. The maximum absolute atomic E-state index is 8.80. The van der Waals surface area contributed by atoms with Crippen LogP contribution in [-0.2, 0) is 26.5 Å². The van der Waals surface area contributed by atoms with E-state index in [1.807, 2.05) is 74.7 Å². The van der Waals surface area contributed by atoms with Crippen molar-refractivity contribution in [3.8, 4) is 28.3 Å². The van der Waals surface area contributed by atoms with Crippen LogP contribution in [0.2, 0.25) is 17.3 Å². The summed E-state index contributed by atoms with van der Waals surface area (Å²) < 4.78 is 75.6. The molecule has 0 amide bonds. The molecule has 0 saturated carbocycles. The summed E-state index contributed by atoms with van der Waals surface area (Å²) in [6, 6.07) is 41.2. The van der Waals surface area contributed by atoms with Gasteiger partial charge in [-0.05, 0) is 54.7 Å². The van der Waals surface area contributed by atoms with Crippen molar-refractivity contribution < 1.29 is 35.5 Å². The molecule has 5 nitrogen and oxygen atoms in total. The third kappa shape index (κ3) is 8.33. The van der Waals surface area contributed by atoms with Crippen LogP contribution < -0.4 is 4.40 Å². The quantitative estimate of drug-likeness (QED) is 0.123. The first-order chi connectivity index (χ1) is 32.3. The molecule has 315 valence electrons. The molecule has 0 aliphatic heterocycles. The largest absolute Gasteiger partial charge is 0.486 e. The molecule has 5 aromatic carbocycles. The number of benzene rings is 5. The molecule has 0 fully saturated rings. The van der Waals surface area contributed by atoms with Gasteiger partial charge in [-0.3, -0.25) is 4.98 Å². The monoisotopic (exact) mass is 1080 g/mol. The molecule has 62 heavy (non-hydrogen) atoms. The van der Waals surface area contributed by atoms with Gasteiger partial charge >= 0.3 is 145 Å². The van der Waals surface area contributed by atoms with Gasteiger partial charge in [0, 0.05) is 61.2 Å². The van der Waals surface area contributed by atoms with Crippen LogP contribution in [0.25, 0.3) is 81.6 Å². The molecule has 5 heterocycles. The number of hydrogen-bond acceptors (Lipinski definition) is 5. The predicted molar refractivity (Wildman–Crippen MR) is 262 cm³/mol. The number of furan rings is 1. The molecule has 0 unspecified atom stereocenters. The Morgan fingerprint density at radius 1 is 0.871 bits per heavy atom. The molecule has 0 atom stereocenters. The molecule has 0 aliphatic rings. The smallest absolute Gasteiger partial charge is 0.216 e. The minimum atomic E-state index is -2.36. The van der Waals surface area contributed by atoms with E-state index in [0.29, 0.717) is 39.7 Å². The molecule has 0 aliphatic carbocycles. The first-order valence-corrected chi connectivity index (χ1v) is 28.7. The van der Waals surface area contributed by atoms with Crippen LogP contribution in [0.15, 0.2) is 120 Å². The van der Waals surface area contributed by atoms with Gasteiger partial charge in [0.25, 0.3) is 0 Å². The summed E-state index contributed by atoms with van der Waals surface area (Å²) in [5.41, 5.74) is 7.40. The van der Waals surface area contributed by atoms with E-state index in [9.17, 15) is 0 Å². The maximum Gasteiger partial charge on any atom is 0.216 e. The van der Waals surface area contributed by atoms with E-state index >= 15 is 0 Å². The Balaban J connectivity index is 0.000000205. The molecule has 1 radical (unpaired) electrons. The Morgan fingerprint density at radius 2 is 1.68 bits per heavy atom. The molecule has 0 bridgehead atoms. The van der Waals surface area contributed by atoms with E-state index in [1.165, 1.54) is 31.8 Å². The van der Waals surface area contributed by atoms with Crippen LogP contribution in [0.1, 0.15) is 73.9 Å². The topological polar surface area (TPSA) is 56.7 Å². The van der Waals surface area contributed by atoms with E-state index in [0.717, 1.165) is 31.9 Å². The summed E-state index contributed by atoms with van der Waals surface area (Å²) in [4.78, 5) is 14.1. The molecule has 0 N–H and O–H groups in total. The van der Waals surface area contributed by atoms with Gasteiger partial charge in [-0.25, -0.2) is 4.98 Å². The predicted octanol–water partition coefficient (Wildman–Crippen LogP) is 14.6. The number of hydrogen-bond donors (Lipinski definition) is 0. The number of rotatable bonds is 6. The normalized spacial score (nSPS) is 14.7. The first-order valence-electron chi connectivity index (χ1n) is 24.5. The van der Waals surface area contributed by atoms with Crippen LogP contribution in [0.4, 0.5) is 0 Å². The van der Waals surface area contributed by atoms with Crippen molar-refractivity contribution in [2.75, 3.05) is 0 Å². The third-order valence-corrected chi connectivity index (χ3v) is 16.2. The second-order valence-electron chi connectivity index (χ2n) is 17.9. The average molecular weight is 1080 g/mol. The molecule has 10 rings (SSSR count). The molecular formula is C54H52GeIrN4OS-2. The zero-order valence-corrected chi connectivity index (χ0v) is 41.3. The fourth-order valence-corrected chi connectivity index (χ4v) is 12.3. The maximum atomic E-state index is 8.80. The van der Waals surface area contributed by atoms with Crippen LogP contribution >= 0.6 is 11.3 Å². The van der Waals surface area contributed by atoms with Crippen molar-refractivity contribution in [1.82, 2.24) is 19.5 Å². The Morgan fingerprint density at radius 3 is 2.42 bits per heavy atom. The van der Waals surface area contributed by atoms with E-state index in [-0.39, 0.29) is 37.1 Å². The van der Waals surface area contributed by atoms with Crippen LogP contribution in [0.5, 0.6) is 0 Å². The van der Waals surface area contributed by atoms with Gasteiger partial charge in [-0.1, -0.05) is 61.2 Å². The van der Waals surface area contributed by atoms with Gasteiger partial charge in [0.05, 0.1) is 22.4 Å². The Bertz CT molecular complexity index is 3580. The number of fused-ring (bicyclic) bond motifs is 7. The van der Waals surface area contributed by atoms with Crippen molar-refractivity contribution in [2.24, 2.45) is 5.41 Å². The number of aryl methyl sites for hydroxylation is 2. The number of para-hydroxylation sites is 2. The van der Waals surface area contributed by atoms with Crippen molar-refractivity contribution in [2.45, 2.75) is 77.9 Å². The number of pyridine rings is 2. The van der Waals surface area contributed by atoms with Gasteiger partial charge in [-0.15, -0.1) is 29.5 Å². The standard InChI is InChI=1S/C34H24N3OS.C20H28GeN.Ir/c1-19(2)21-17-18-28(30-24-9-4-7-14-29(24)39-32(21)30)37-27-13-6-5-12-26(27)36-33(37)25-11-8-10-22-23-16-15-20(3)35-34(23)38-31(22)25;1-15-8-10-16(11-9-15)19-12-17(13-20(2,3)4)18(14-22-19)21(5,6)7;/h4-10,12-19H,1-3H3;8-10,12,14H,13H2,1-7H3;/q2*-1;/i3D3;1D3,13D2;. The van der Waals surface area contributed by atoms with Gasteiger partial charge in [0.1, 0.15) is 0 Å². The Labute approximate surface area is 396 Å². The minimum absolute atomic E-state index is 0. The summed E-state index contributed by atoms with van der Waals surface area (Å²) in [6.07, 6.45) is 0.303. The Hall–Kier alpha value is -4.92. The zero-order chi connectivity index (χ0) is 49.6. The molecule has 0 saturated heterocycles. The van der Waals surface area contributed by atoms with Gasteiger partial charge in [-0.2, -0.15) is 0 Å². The second kappa shape index (κ2) is 17.0. The number of nitrogens with zero attached hydrogens (tertiary/aromatic N) is 4. The zero-order valence-electron chi connectivity index (χ0n) is 44.0. The van der Waals surface area contributed by atoms with Crippen LogP contribution in [-0.4, -0.2) is 32.8 Å². The van der Waals surface area contributed by atoms with Crippen molar-refractivity contribution in [1.29, 1.82) is 0 Å². The molecular weight excluding hydrogens is 1020 g/mol. The molecule has 0 spiro atoms. The van der Waals surface area contributed by atoms with Crippen molar-refractivity contribution >= 4 is 82.3 Å². The van der Waals surface area contributed by atoms with E-state index < -0.39 is 38.8 Å². The fraction of sp³-hybridized carbons (Fsp3) is 0.241. The second-order valence-corrected chi connectivity index (χ2v) is 29.5. The average Bonchev–Trinajstić information content (AvgIpc) is 3.99. The third-order valence-electron chi connectivity index (χ3n) is 10.8. The summed E-state index contributed by atoms with van der Waals surface area (Å²) in [7, 11) is 0. The summed E-state index contributed by atoms with van der Waals surface area (Å²) in [6.45, 7) is 5.70. The van der Waals surface area contributed by atoms with Gasteiger partial charge < -0.3 is 8.98 Å². The Kier molecular flexibility index (Phi) is 9.47. The fourth-order valence-electron chi connectivity index (χ4n) is 7.99. The van der Waals surface area contributed by atoms with Gasteiger partial charge in [0.15, 0.2) is 0 Å². The van der Waals surface area contributed by atoms with E-state index in [1.54, 1.807) is 24.3 Å². The minimum Gasteiger partial charge on any atom is -0.486 e. The van der Waals surface area contributed by atoms with Crippen LogP contribution in [0.3, 0.4) is 0 Å². The SMILES string of the molecule is [2H]C([2H])([2H])c1c[c-]c(-c2cc(C([2H])([2H])C(C)(C)C)[c]([Ge]([CH3])([CH3])[CH3])cn2)cc1.[2H]C([2H])([2H])c1ccc2c(n1)oc1c(-c3nc4ccccc4n3-c3ccc(C(C)C)c4sc5ccccc5c34)[c-]ccc12.[Ir]. The molecule has 8 heteroatoms.